The first-order chi connectivity index (χ1) is 15.7. The van der Waals surface area contributed by atoms with Crippen LogP contribution in [0.15, 0.2) is 35.5 Å². The summed E-state index contributed by atoms with van der Waals surface area (Å²) >= 11 is 0. The molecular weight excluding hydrogens is 416 g/mol. The van der Waals surface area contributed by atoms with Crippen LogP contribution in [0, 0.1) is 35.0 Å². The van der Waals surface area contributed by atoms with Crippen molar-refractivity contribution in [3.05, 3.63) is 35.5 Å². The van der Waals surface area contributed by atoms with Gasteiger partial charge < -0.3 is 14.2 Å². The Labute approximate surface area is 196 Å². The first kappa shape index (κ1) is 21.6. The van der Waals surface area contributed by atoms with Gasteiger partial charge in [-0.3, -0.25) is 4.79 Å². The summed E-state index contributed by atoms with van der Waals surface area (Å²) in [5.41, 5.74) is 2.76. The Morgan fingerprint density at radius 1 is 1.06 bits per heavy atom. The van der Waals surface area contributed by atoms with Crippen LogP contribution in [0.4, 0.5) is 0 Å². The second-order valence-corrected chi connectivity index (χ2v) is 11.9. The lowest BCUT2D eigenvalue weighted by Crippen LogP contribution is -2.57. The van der Waals surface area contributed by atoms with E-state index in [1.807, 2.05) is 13.0 Å². The minimum Gasteiger partial charge on any atom is -0.458 e. The topological polar surface area (TPSA) is 61.8 Å². The molecule has 33 heavy (non-hydrogen) atoms. The van der Waals surface area contributed by atoms with Gasteiger partial charge in [-0.25, -0.2) is 4.79 Å². The molecule has 9 atom stereocenters. The van der Waals surface area contributed by atoms with E-state index in [4.69, 9.17) is 14.2 Å². The maximum absolute atomic E-state index is 12.5. The lowest BCUT2D eigenvalue weighted by molar-refractivity contribution is -0.200. The Bertz CT molecular complexity index is 977. The average molecular weight is 453 g/mol. The van der Waals surface area contributed by atoms with Crippen molar-refractivity contribution < 1.29 is 23.8 Å². The number of hydrogen-bond acceptors (Lipinski definition) is 5. The molecular formula is C28H36O5. The Hall–Kier alpha value is -1.88. The predicted molar refractivity (Wildman–Crippen MR) is 123 cm³/mol. The van der Waals surface area contributed by atoms with Crippen LogP contribution in [0.2, 0.25) is 0 Å². The summed E-state index contributed by atoms with van der Waals surface area (Å²) in [4.78, 5) is 24.7. The molecule has 0 aromatic rings. The summed E-state index contributed by atoms with van der Waals surface area (Å²) in [5.74, 6) is 2.07. The molecule has 0 N–H and O–H groups in total. The molecule has 0 aromatic carbocycles. The maximum atomic E-state index is 12.5. The molecule has 6 rings (SSSR count). The van der Waals surface area contributed by atoms with Crippen molar-refractivity contribution in [1.29, 1.82) is 0 Å². The first-order valence-electron chi connectivity index (χ1n) is 12.8. The highest BCUT2D eigenvalue weighted by Gasteiger charge is 2.60. The maximum Gasteiger partial charge on any atom is 0.336 e. The van der Waals surface area contributed by atoms with Crippen molar-refractivity contribution in [3.63, 3.8) is 0 Å². The normalized spacial score (nSPS) is 48.9. The zero-order chi connectivity index (χ0) is 23.1. The monoisotopic (exact) mass is 452 g/mol. The van der Waals surface area contributed by atoms with Crippen LogP contribution in [-0.2, 0) is 23.8 Å². The fourth-order valence-corrected chi connectivity index (χ4v) is 8.70. The van der Waals surface area contributed by atoms with Crippen molar-refractivity contribution in [2.24, 2.45) is 35.0 Å². The van der Waals surface area contributed by atoms with Crippen LogP contribution in [0.1, 0.15) is 65.7 Å². The molecule has 2 saturated heterocycles. The minimum absolute atomic E-state index is 0.0763. The average Bonchev–Trinajstić information content (AvgIpc) is 2.99. The lowest BCUT2D eigenvalue weighted by Gasteiger charge is -2.55. The van der Waals surface area contributed by atoms with Gasteiger partial charge in [0, 0.05) is 12.3 Å². The number of esters is 2. The van der Waals surface area contributed by atoms with Gasteiger partial charge in [-0.1, -0.05) is 31.2 Å². The number of rotatable bonds is 1. The Morgan fingerprint density at radius 2 is 1.82 bits per heavy atom. The van der Waals surface area contributed by atoms with Crippen molar-refractivity contribution in [2.75, 3.05) is 6.61 Å². The zero-order valence-corrected chi connectivity index (χ0v) is 20.1. The van der Waals surface area contributed by atoms with Crippen LogP contribution in [0.25, 0.3) is 0 Å². The van der Waals surface area contributed by atoms with Gasteiger partial charge in [0.15, 0.2) is 0 Å². The SMILES string of the molecule is C=C1C(=O)O[C@@H]2C[C@@]1(C)OC[C@H]2C1CCC2C3C[C@H]4OC(=O)CC=CC4=C(C)C3CCC21C. The molecule has 0 spiro atoms. The molecule has 5 unspecified atom stereocenters. The fourth-order valence-electron chi connectivity index (χ4n) is 8.70. The van der Waals surface area contributed by atoms with Gasteiger partial charge in [0.1, 0.15) is 17.8 Å². The molecule has 0 amide bonds. The molecule has 3 aliphatic carbocycles. The third-order valence-electron chi connectivity index (χ3n) is 10.5. The van der Waals surface area contributed by atoms with Gasteiger partial charge in [-0.15, -0.1) is 0 Å². The highest BCUT2D eigenvalue weighted by Crippen LogP contribution is 2.65. The second-order valence-electron chi connectivity index (χ2n) is 11.9. The number of hydrogen-bond donors (Lipinski definition) is 0. The van der Waals surface area contributed by atoms with Crippen LogP contribution in [0.3, 0.4) is 0 Å². The van der Waals surface area contributed by atoms with Gasteiger partial charge in [0.05, 0.1) is 18.6 Å². The Balaban J connectivity index is 1.27. The largest absolute Gasteiger partial charge is 0.458 e. The van der Waals surface area contributed by atoms with E-state index >= 15 is 0 Å². The van der Waals surface area contributed by atoms with Crippen LogP contribution < -0.4 is 0 Å². The van der Waals surface area contributed by atoms with Gasteiger partial charge >= 0.3 is 11.9 Å². The van der Waals surface area contributed by atoms with E-state index in [-0.39, 0.29) is 35.5 Å². The van der Waals surface area contributed by atoms with E-state index in [2.05, 4.69) is 26.5 Å². The molecule has 2 saturated carbocycles. The molecule has 0 radical (unpaired) electrons. The van der Waals surface area contributed by atoms with Crippen LogP contribution >= 0.6 is 0 Å². The summed E-state index contributed by atoms with van der Waals surface area (Å²) in [6, 6.07) is 0. The zero-order valence-electron chi connectivity index (χ0n) is 20.1. The predicted octanol–water partition coefficient (Wildman–Crippen LogP) is 4.91. The molecule has 6 aliphatic rings. The van der Waals surface area contributed by atoms with Crippen LogP contribution in [-0.4, -0.2) is 36.4 Å². The van der Waals surface area contributed by atoms with Crippen molar-refractivity contribution in [2.45, 2.75) is 83.5 Å². The number of ether oxygens (including phenoxy) is 3. The van der Waals surface area contributed by atoms with Gasteiger partial charge in [-0.05, 0) is 80.6 Å². The summed E-state index contributed by atoms with van der Waals surface area (Å²) in [5, 5.41) is 0. The highest BCUT2D eigenvalue weighted by atomic mass is 16.6. The third-order valence-corrected chi connectivity index (χ3v) is 10.5. The quantitative estimate of drug-likeness (QED) is 0.418. The van der Waals surface area contributed by atoms with E-state index in [0.29, 0.717) is 42.3 Å². The number of carbonyl (C=O) groups excluding carboxylic acids is 2. The fraction of sp³-hybridized carbons (Fsp3) is 0.714. The van der Waals surface area contributed by atoms with Gasteiger partial charge in [0.2, 0.25) is 0 Å². The summed E-state index contributed by atoms with van der Waals surface area (Å²) < 4.78 is 18.1. The van der Waals surface area contributed by atoms with E-state index in [1.54, 1.807) is 0 Å². The molecule has 0 aromatic heterocycles. The summed E-state index contributed by atoms with van der Waals surface area (Å²) in [7, 11) is 0. The lowest BCUT2D eigenvalue weighted by atomic mass is 9.52. The smallest absolute Gasteiger partial charge is 0.336 e. The Kier molecular flexibility index (Phi) is 4.79. The standard InChI is InChI=1S/C28H36O5/c1-15-17-10-11-27(3)21(19(17)12-23-18(15)6-5-7-25(29)32-23)8-9-22(27)20-14-31-28(4)13-24(20)33-26(30)16(28)2/h5-6,17,19-24H,2,7-14H2,1,3-4H3/t17?,19?,20-,21?,22?,23+,24+,27?,28+/m0/s1. The van der Waals surface area contributed by atoms with Gasteiger partial charge in [0.25, 0.3) is 0 Å². The van der Waals surface area contributed by atoms with Gasteiger partial charge in [-0.2, -0.15) is 0 Å². The first-order valence-corrected chi connectivity index (χ1v) is 12.8. The van der Waals surface area contributed by atoms with E-state index in [9.17, 15) is 9.59 Å². The number of allylic oxidation sites excluding steroid dienone is 1. The molecule has 3 aliphatic heterocycles. The van der Waals surface area contributed by atoms with E-state index in [0.717, 1.165) is 19.3 Å². The molecule has 5 nitrogen and oxygen atoms in total. The van der Waals surface area contributed by atoms with Crippen LogP contribution in [0.5, 0.6) is 0 Å². The molecule has 5 heteroatoms. The molecule has 3 heterocycles. The Morgan fingerprint density at radius 3 is 2.61 bits per heavy atom. The minimum atomic E-state index is -0.578. The van der Waals surface area contributed by atoms with Crippen molar-refractivity contribution in [3.8, 4) is 0 Å². The summed E-state index contributed by atoms with van der Waals surface area (Å²) in [6.45, 7) is 11.3. The number of carbonyl (C=O) groups is 2. The second kappa shape index (κ2) is 7.31. The summed E-state index contributed by atoms with van der Waals surface area (Å²) in [6.07, 6.45) is 10.7. The van der Waals surface area contributed by atoms with E-state index in [1.165, 1.54) is 30.4 Å². The highest BCUT2D eigenvalue weighted by molar-refractivity contribution is 5.91. The number of fused-ring (bicyclic) bond motifs is 6. The van der Waals surface area contributed by atoms with Crippen molar-refractivity contribution >= 4 is 11.9 Å². The molecule has 4 fully saturated rings. The molecule has 2 bridgehead atoms. The third kappa shape index (κ3) is 3.07. The molecule has 178 valence electrons. The van der Waals surface area contributed by atoms with Crippen molar-refractivity contribution in [1.82, 2.24) is 0 Å². The van der Waals surface area contributed by atoms with E-state index < -0.39 is 5.60 Å².